The van der Waals surface area contributed by atoms with E-state index in [1.54, 1.807) is 12.5 Å². The Bertz CT molecular complexity index is 166. The van der Waals surface area contributed by atoms with Crippen molar-refractivity contribution < 1.29 is 4.79 Å². The molecule has 0 aromatic heterocycles. The van der Waals surface area contributed by atoms with Crippen LogP contribution in [0.4, 0.5) is 0 Å². The molecule has 0 saturated heterocycles. The standard InChI is InChI=1S/C5H11NOS3/c1-10(2,5(6)9)4(7)3-8/h8H,3H2,1-2H3,(H2,6,9). The van der Waals surface area contributed by atoms with Gasteiger partial charge in [-0.1, -0.05) is 12.2 Å². The van der Waals surface area contributed by atoms with Crippen molar-refractivity contribution >= 4 is 44.3 Å². The third-order valence-electron chi connectivity index (χ3n) is 1.20. The maximum Gasteiger partial charge on any atom is 0.187 e. The lowest BCUT2D eigenvalue weighted by molar-refractivity contribution is -0.109. The summed E-state index contributed by atoms with van der Waals surface area (Å²) in [5.74, 6) is 0.222. The van der Waals surface area contributed by atoms with Crippen LogP contribution < -0.4 is 5.73 Å². The van der Waals surface area contributed by atoms with Crippen molar-refractivity contribution in [1.29, 1.82) is 0 Å². The molecule has 5 heteroatoms. The Morgan fingerprint density at radius 2 is 2.10 bits per heavy atom. The Hall–Kier alpha value is 0.260. The third-order valence-corrected chi connectivity index (χ3v) is 5.24. The van der Waals surface area contributed by atoms with E-state index in [2.05, 4.69) is 12.6 Å². The minimum Gasteiger partial charge on any atom is -0.386 e. The molecule has 0 amide bonds. The second-order valence-corrected chi connectivity index (χ2v) is 6.74. The molecule has 60 valence electrons. The maximum absolute atomic E-state index is 11.1. The summed E-state index contributed by atoms with van der Waals surface area (Å²) in [6, 6.07) is 0. The van der Waals surface area contributed by atoms with Gasteiger partial charge in [-0.25, -0.2) is 0 Å². The molecule has 0 rings (SSSR count). The van der Waals surface area contributed by atoms with E-state index in [0.29, 0.717) is 4.32 Å². The zero-order chi connectivity index (χ0) is 8.36. The van der Waals surface area contributed by atoms with Crippen LogP contribution in [0.25, 0.3) is 0 Å². The second kappa shape index (κ2) is 3.59. The number of carbonyl (C=O) groups excluding carboxylic acids is 1. The number of hydrogen-bond donors (Lipinski definition) is 2. The van der Waals surface area contributed by atoms with Gasteiger partial charge in [0.1, 0.15) is 4.32 Å². The number of rotatable bonds is 1. The van der Waals surface area contributed by atoms with Gasteiger partial charge in [0.15, 0.2) is 5.12 Å². The molecule has 0 spiro atoms. The number of nitrogens with two attached hydrogens (primary N) is 1. The fourth-order valence-electron chi connectivity index (χ4n) is 0.274. The van der Waals surface area contributed by atoms with E-state index in [0.717, 1.165) is 0 Å². The Balaban J connectivity index is 4.40. The molecule has 0 radical (unpaired) electrons. The maximum atomic E-state index is 11.1. The topological polar surface area (TPSA) is 43.1 Å². The Labute approximate surface area is 73.3 Å². The van der Waals surface area contributed by atoms with Crippen molar-refractivity contribution in [3.8, 4) is 0 Å². The normalized spacial score (nSPS) is 12.7. The van der Waals surface area contributed by atoms with Crippen LogP contribution in [0.15, 0.2) is 0 Å². The monoisotopic (exact) mass is 197 g/mol. The SMILES string of the molecule is CS(C)(C(=O)CS)C(N)=S. The first-order valence-electron chi connectivity index (χ1n) is 2.59. The van der Waals surface area contributed by atoms with Crippen LogP contribution in [0.3, 0.4) is 0 Å². The van der Waals surface area contributed by atoms with Crippen LogP contribution >= 0.6 is 34.9 Å². The largest absolute Gasteiger partial charge is 0.386 e. The highest BCUT2D eigenvalue weighted by molar-refractivity contribution is 8.58. The fraction of sp³-hybridized carbons (Fsp3) is 0.600. The first kappa shape index (κ1) is 10.3. The van der Waals surface area contributed by atoms with Crippen molar-refractivity contribution in [2.24, 2.45) is 5.73 Å². The van der Waals surface area contributed by atoms with E-state index in [1.807, 2.05) is 0 Å². The van der Waals surface area contributed by atoms with Crippen molar-refractivity contribution in [2.75, 3.05) is 18.3 Å². The van der Waals surface area contributed by atoms with E-state index in [9.17, 15) is 4.79 Å². The van der Waals surface area contributed by atoms with Crippen molar-refractivity contribution in [1.82, 2.24) is 0 Å². The molecule has 0 saturated carbocycles. The van der Waals surface area contributed by atoms with E-state index >= 15 is 0 Å². The lowest BCUT2D eigenvalue weighted by Gasteiger charge is -2.26. The van der Waals surface area contributed by atoms with Gasteiger partial charge in [0.05, 0.1) is 5.75 Å². The fourth-order valence-corrected chi connectivity index (χ4v) is 2.07. The summed E-state index contributed by atoms with van der Waals surface area (Å²) in [7, 11) is -1.53. The highest BCUT2D eigenvalue weighted by atomic mass is 32.3. The first-order valence-corrected chi connectivity index (χ1v) is 6.08. The average Bonchev–Trinajstić information content (AvgIpc) is 1.86. The van der Waals surface area contributed by atoms with Crippen LogP contribution in [0.2, 0.25) is 0 Å². The number of carbonyl (C=O) groups is 1. The predicted molar refractivity (Wildman–Crippen MR) is 55.1 cm³/mol. The van der Waals surface area contributed by atoms with Gasteiger partial charge in [0, 0.05) is 0 Å². The van der Waals surface area contributed by atoms with E-state index in [-0.39, 0.29) is 10.9 Å². The highest BCUT2D eigenvalue weighted by Crippen LogP contribution is 2.40. The number of thiol groups is 1. The molecule has 0 aliphatic rings. The molecule has 2 N–H and O–H groups in total. The molecule has 0 heterocycles. The lowest BCUT2D eigenvalue weighted by atomic mass is 10.9. The number of hydrogen-bond acceptors (Lipinski definition) is 3. The van der Waals surface area contributed by atoms with Crippen molar-refractivity contribution in [2.45, 2.75) is 0 Å². The van der Waals surface area contributed by atoms with Gasteiger partial charge in [0.2, 0.25) is 0 Å². The molecule has 0 fully saturated rings. The molecule has 0 aliphatic carbocycles. The molecule has 0 aromatic rings. The van der Waals surface area contributed by atoms with Gasteiger partial charge in [-0.15, -0.1) is 10.0 Å². The zero-order valence-corrected chi connectivity index (χ0v) is 8.48. The summed E-state index contributed by atoms with van der Waals surface area (Å²) in [5, 5.41) is 0.0448. The Morgan fingerprint density at radius 1 is 1.70 bits per heavy atom. The Morgan fingerprint density at radius 3 is 2.20 bits per heavy atom. The van der Waals surface area contributed by atoms with E-state index in [4.69, 9.17) is 18.0 Å². The van der Waals surface area contributed by atoms with E-state index < -0.39 is 10.0 Å². The Kier molecular flexibility index (Phi) is 3.69. The predicted octanol–water partition coefficient (Wildman–Crippen LogP) is 0.751. The average molecular weight is 197 g/mol. The van der Waals surface area contributed by atoms with Gasteiger partial charge in [-0.05, 0) is 12.5 Å². The minimum absolute atomic E-state index is 0.0448. The van der Waals surface area contributed by atoms with Crippen LogP contribution in [-0.4, -0.2) is 27.7 Å². The van der Waals surface area contributed by atoms with Crippen LogP contribution in [0, 0.1) is 0 Å². The summed E-state index contributed by atoms with van der Waals surface area (Å²) >= 11 is 8.59. The minimum atomic E-state index is -1.53. The van der Waals surface area contributed by atoms with Crippen LogP contribution in [0.1, 0.15) is 0 Å². The third kappa shape index (κ3) is 2.14. The van der Waals surface area contributed by atoms with Gasteiger partial charge < -0.3 is 5.73 Å². The molecule has 0 atom stereocenters. The second-order valence-electron chi connectivity index (χ2n) is 2.18. The van der Waals surface area contributed by atoms with Gasteiger partial charge in [0.25, 0.3) is 0 Å². The van der Waals surface area contributed by atoms with Gasteiger partial charge >= 0.3 is 0 Å². The van der Waals surface area contributed by atoms with Crippen molar-refractivity contribution in [3.63, 3.8) is 0 Å². The molecule has 0 aliphatic heterocycles. The quantitative estimate of drug-likeness (QED) is 0.481. The molecule has 2 nitrogen and oxygen atoms in total. The van der Waals surface area contributed by atoms with Gasteiger partial charge in [-0.3, -0.25) is 4.79 Å². The lowest BCUT2D eigenvalue weighted by Crippen LogP contribution is -2.24. The molecule has 10 heavy (non-hydrogen) atoms. The molecular weight excluding hydrogens is 186 g/mol. The van der Waals surface area contributed by atoms with Crippen molar-refractivity contribution in [3.05, 3.63) is 0 Å². The summed E-state index contributed by atoms with van der Waals surface area (Å²) < 4.78 is 0.312. The van der Waals surface area contributed by atoms with Crippen LogP contribution in [0.5, 0.6) is 0 Å². The smallest absolute Gasteiger partial charge is 0.187 e. The summed E-state index contributed by atoms with van der Waals surface area (Å²) in [5.41, 5.74) is 5.36. The van der Waals surface area contributed by atoms with Gasteiger partial charge in [-0.2, -0.15) is 12.6 Å². The summed E-state index contributed by atoms with van der Waals surface area (Å²) in [6.45, 7) is 0. The molecular formula is C5H11NOS3. The summed E-state index contributed by atoms with van der Waals surface area (Å²) in [6.07, 6.45) is 3.57. The number of thiocarbonyl (C=S) groups is 1. The summed E-state index contributed by atoms with van der Waals surface area (Å²) in [4.78, 5) is 11.1. The van der Waals surface area contributed by atoms with E-state index in [1.165, 1.54) is 0 Å². The van der Waals surface area contributed by atoms with Crippen LogP contribution in [-0.2, 0) is 4.79 Å². The molecule has 0 unspecified atom stereocenters. The first-order chi connectivity index (χ1) is 4.42. The molecule has 0 aromatic carbocycles. The highest BCUT2D eigenvalue weighted by Gasteiger charge is 2.22. The zero-order valence-electron chi connectivity index (χ0n) is 5.96. The molecule has 0 bridgehead atoms.